The van der Waals surface area contributed by atoms with Gasteiger partial charge in [-0.05, 0) is 56.8 Å². The Morgan fingerprint density at radius 3 is 2.73 bits per heavy atom. The third kappa shape index (κ3) is 5.76. The van der Waals surface area contributed by atoms with E-state index in [-0.39, 0.29) is 5.69 Å². The lowest BCUT2D eigenvalue weighted by Gasteiger charge is -2.30. The van der Waals surface area contributed by atoms with E-state index >= 15 is 0 Å². The molecule has 1 heterocycles. The molecule has 0 aliphatic carbocycles. The Kier molecular flexibility index (Phi) is 7.50. The van der Waals surface area contributed by atoms with Crippen molar-refractivity contribution in [3.63, 3.8) is 0 Å². The number of halogens is 2. The van der Waals surface area contributed by atoms with E-state index in [2.05, 4.69) is 17.1 Å². The maximum Gasteiger partial charge on any atom is 0.316 e. The van der Waals surface area contributed by atoms with Gasteiger partial charge < -0.3 is 15.1 Å². The molecule has 2 rings (SSSR count). The number of hydrogen-bond donors (Lipinski definition) is 1. The first kappa shape index (κ1) is 20.3. The van der Waals surface area contributed by atoms with Crippen LogP contribution in [-0.4, -0.2) is 49.9 Å². The lowest BCUT2D eigenvalue weighted by molar-refractivity contribution is -0.137. The molecular weight excluding hydrogens is 340 g/mol. The van der Waals surface area contributed by atoms with Crippen molar-refractivity contribution < 1.29 is 18.4 Å². The van der Waals surface area contributed by atoms with E-state index in [0.717, 1.165) is 55.4 Å². The molecule has 1 N–H and O–H groups in total. The molecule has 144 valence electrons. The lowest BCUT2D eigenvalue weighted by Crippen LogP contribution is -2.41. The summed E-state index contributed by atoms with van der Waals surface area (Å²) in [7, 11) is 1.35. The third-order valence-corrected chi connectivity index (χ3v) is 4.72. The van der Waals surface area contributed by atoms with Crippen LogP contribution in [0.25, 0.3) is 0 Å². The number of carbonyl (C=O) groups is 2. The number of hydrogen-bond acceptors (Lipinski definition) is 3. The van der Waals surface area contributed by atoms with Crippen LogP contribution in [0.2, 0.25) is 0 Å². The zero-order valence-electron chi connectivity index (χ0n) is 15.4. The fourth-order valence-electron chi connectivity index (χ4n) is 3.19. The van der Waals surface area contributed by atoms with Crippen molar-refractivity contribution in [2.75, 3.05) is 38.1 Å². The molecule has 1 atom stereocenters. The van der Waals surface area contributed by atoms with Crippen LogP contribution in [0.5, 0.6) is 0 Å². The first-order chi connectivity index (χ1) is 12.4. The molecule has 0 spiro atoms. The van der Waals surface area contributed by atoms with Gasteiger partial charge in [-0.2, -0.15) is 0 Å². The molecule has 0 unspecified atom stereocenters. The second kappa shape index (κ2) is 9.62. The first-order valence-corrected chi connectivity index (χ1v) is 9.11. The van der Waals surface area contributed by atoms with Gasteiger partial charge in [-0.1, -0.05) is 6.92 Å². The Morgan fingerprint density at radius 1 is 1.27 bits per heavy atom. The van der Waals surface area contributed by atoms with Crippen molar-refractivity contribution in [3.05, 3.63) is 29.8 Å². The molecule has 1 aromatic carbocycles. The molecule has 2 amide bonds. The van der Waals surface area contributed by atoms with Crippen LogP contribution in [0.3, 0.4) is 0 Å². The number of nitrogens with one attached hydrogen (secondary N) is 1. The van der Waals surface area contributed by atoms with Crippen LogP contribution in [0, 0.1) is 17.6 Å². The zero-order chi connectivity index (χ0) is 19.1. The van der Waals surface area contributed by atoms with Crippen LogP contribution in [0.4, 0.5) is 14.5 Å². The summed E-state index contributed by atoms with van der Waals surface area (Å²) in [4.78, 5) is 27.5. The van der Waals surface area contributed by atoms with Crippen LogP contribution >= 0.6 is 0 Å². The fourth-order valence-corrected chi connectivity index (χ4v) is 3.19. The minimum absolute atomic E-state index is 0.128. The van der Waals surface area contributed by atoms with Gasteiger partial charge in [0.25, 0.3) is 0 Å². The summed E-state index contributed by atoms with van der Waals surface area (Å²) in [5, 5.41) is 2.59. The highest BCUT2D eigenvalue weighted by Crippen LogP contribution is 2.17. The van der Waals surface area contributed by atoms with E-state index in [9.17, 15) is 18.4 Å². The first-order valence-electron chi connectivity index (χ1n) is 9.11. The van der Waals surface area contributed by atoms with Gasteiger partial charge in [0, 0.05) is 31.9 Å². The zero-order valence-corrected chi connectivity index (χ0v) is 15.4. The Bertz CT molecular complexity index is 639. The summed E-state index contributed by atoms with van der Waals surface area (Å²) in [6, 6.07) is 3.07. The Morgan fingerprint density at radius 2 is 2.04 bits per heavy atom. The van der Waals surface area contributed by atoms with Gasteiger partial charge in [0.1, 0.15) is 0 Å². The van der Waals surface area contributed by atoms with E-state index in [4.69, 9.17) is 0 Å². The number of rotatable bonds is 6. The molecular formula is C19H27F2N3O2. The van der Waals surface area contributed by atoms with E-state index in [0.29, 0.717) is 6.54 Å². The number of amides is 2. The van der Waals surface area contributed by atoms with E-state index in [1.165, 1.54) is 26.0 Å². The topological polar surface area (TPSA) is 52.7 Å². The number of benzene rings is 1. The average molecular weight is 367 g/mol. The lowest BCUT2D eigenvalue weighted by atomic mass is 10.0. The molecule has 1 saturated heterocycles. The van der Waals surface area contributed by atoms with Gasteiger partial charge in [-0.15, -0.1) is 0 Å². The number of unbranched alkanes of at least 4 members (excludes halogenated alkanes) is 1. The number of likely N-dealkylation sites (N-methyl/N-ethyl adjacent to an activating group) is 1. The van der Waals surface area contributed by atoms with Crippen LogP contribution in [0.1, 0.15) is 32.6 Å². The quantitative estimate of drug-likeness (QED) is 0.621. The summed E-state index contributed by atoms with van der Waals surface area (Å²) >= 11 is 0. The Balaban J connectivity index is 1.69. The number of piperidine rings is 1. The van der Waals surface area contributed by atoms with Crippen LogP contribution < -0.4 is 10.2 Å². The van der Waals surface area contributed by atoms with Gasteiger partial charge in [0.05, 0.1) is 0 Å². The molecule has 1 aliphatic rings. The van der Waals surface area contributed by atoms with E-state index in [1.807, 2.05) is 0 Å². The summed E-state index contributed by atoms with van der Waals surface area (Å²) in [6.07, 6.45) is 4.28. The second-order valence-electron chi connectivity index (χ2n) is 6.97. The smallest absolute Gasteiger partial charge is 0.316 e. The predicted molar refractivity (Wildman–Crippen MR) is 96.8 cm³/mol. The van der Waals surface area contributed by atoms with Crippen LogP contribution in [-0.2, 0) is 9.59 Å². The number of carbonyl (C=O) groups excluding carboxylic acids is 2. The normalized spacial score (nSPS) is 17.8. The molecule has 0 radical (unpaired) electrons. The van der Waals surface area contributed by atoms with Crippen molar-refractivity contribution in [1.29, 1.82) is 0 Å². The molecule has 7 heteroatoms. The van der Waals surface area contributed by atoms with Crippen LogP contribution in [0.15, 0.2) is 18.2 Å². The van der Waals surface area contributed by atoms with Gasteiger partial charge in [0.15, 0.2) is 11.6 Å². The summed E-state index contributed by atoms with van der Waals surface area (Å²) in [5.74, 6) is -2.87. The van der Waals surface area contributed by atoms with Crippen molar-refractivity contribution >= 4 is 17.5 Å². The maximum absolute atomic E-state index is 13.3. The van der Waals surface area contributed by atoms with Gasteiger partial charge in [-0.25, -0.2) is 8.78 Å². The molecule has 1 aromatic rings. The molecule has 5 nitrogen and oxygen atoms in total. The molecule has 1 aliphatic heterocycles. The summed E-state index contributed by atoms with van der Waals surface area (Å²) < 4.78 is 26.2. The molecule has 1 fully saturated rings. The van der Waals surface area contributed by atoms with Gasteiger partial charge >= 0.3 is 11.8 Å². The molecule has 0 aromatic heterocycles. The van der Waals surface area contributed by atoms with Crippen molar-refractivity contribution in [1.82, 2.24) is 10.2 Å². The van der Waals surface area contributed by atoms with Crippen molar-refractivity contribution in [2.45, 2.75) is 32.6 Å². The predicted octanol–water partition coefficient (Wildman–Crippen LogP) is 2.56. The minimum Gasteiger partial charge on any atom is -0.348 e. The van der Waals surface area contributed by atoms with E-state index < -0.39 is 23.4 Å². The van der Waals surface area contributed by atoms with Gasteiger partial charge in [-0.3, -0.25) is 9.59 Å². The maximum atomic E-state index is 13.3. The number of nitrogens with zero attached hydrogens (tertiary/aromatic N) is 2. The third-order valence-electron chi connectivity index (χ3n) is 4.72. The summed E-state index contributed by atoms with van der Waals surface area (Å²) in [5.41, 5.74) is 0.128. The number of likely N-dealkylation sites (tertiary alicyclic amines) is 1. The minimum atomic E-state index is -1.06. The highest BCUT2D eigenvalue weighted by atomic mass is 19.2. The largest absolute Gasteiger partial charge is 0.348 e. The second-order valence-corrected chi connectivity index (χ2v) is 6.97. The fraction of sp³-hybridized carbons (Fsp3) is 0.579. The highest BCUT2D eigenvalue weighted by molar-refractivity contribution is 6.40. The average Bonchev–Trinajstić information content (AvgIpc) is 2.62. The molecule has 0 saturated carbocycles. The number of anilines is 1. The monoisotopic (exact) mass is 367 g/mol. The Labute approximate surface area is 153 Å². The standard InChI is InChI=1S/C19H27F2N3O2/c1-14-6-5-11-24(13-14)10-4-3-9-22-18(25)19(26)23(2)15-7-8-16(20)17(21)12-15/h7-8,12,14H,3-6,9-11,13H2,1-2H3,(H,22,25)/t14-/m0/s1. The van der Waals surface area contributed by atoms with E-state index in [1.54, 1.807) is 0 Å². The van der Waals surface area contributed by atoms with Crippen molar-refractivity contribution in [3.8, 4) is 0 Å². The summed E-state index contributed by atoms with van der Waals surface area (Å²) in [6.45, 7) is 5.95. The molecule has 0 bridgehead atoms. The highest BCUT2D eigenvalue weighted by Gasteiger charge is 2.20. The van der Waals surface area contributed by atoms with Crippen molar-refractivity contribution in [2.24, 2.45) is 5.92 Å². The SMILES string of the molecule is C[C@H]1CCCN(CCCCNC(=O)C(=O)N(C)c2ccc(F)c(F)c2)C1. The Hall–Kier alpha value is -2.02. The van der Waals surface area contributed by atoms with Gasteiger partial charge in [0.2, 0.25) is 0 Å². The molecule has 26 heavy (non-hydrogen) atoms.